The molecule has 0 saturated carbocycles. The fourth-order valence-corrected chi connectivity index (χ4v) is 2.43. The van der Waals surface area contributed by atoms with E-state index >= 15 is 0 Å². The second-order valence-corrected chi connectivity index (χ2v) is 5.79. The topological polar surface area (TPSA) is 65.2 Å². The number of ether oxygens (including phenoxy) is 1. The molecule has 3 rings (SSSR count). The Morgan fingerprint density at radius 2 is 1.88 bits per heavy atom. The van der Waals surface area contributed by atoms with Crippen LogP contribution in [0.1, 0.15) is 28.7 Å². The Balaban J connectivity index is 1.68. The van der Waals surface area contributed by atoms with Gasteiger partial charge in [0.05, 0.1) is 10.6 Å². The van der Waals surface area contributed by atoms with Crippen LogP contribution in [0.3, 0.4) is 0 Å². The first kappa shape index (κ1) is 18.0. The van der Waals surface area contributed by atoms with Gasteiger partial charge in [-0.15, -0.1) is 0 Å². The number of aryl methyl sites for hydroxylation is 1. The SMILES string of the molecule is CCc1ccc(-c2noc(COC(=O)c3cc(F)c(F)cc3Cl)n2)cc1. The molecule has 0 unspecified atom stereocenters. The molecule has 1 heterocycles. The van der Waals surface area contributed by atoms with Crippen LogP contribution in [0.2, 0.25) is 5.02 Å². The number of nitrogens with zero attached hydrogens (tertiary/aromatic N) is 2. The molecule has 1 aromatic heterocycles. The summed E-state index contributed by atoms with van der Waals surface area (Å²) in [5.74, 6) is -2.86. The largest absolute Gasteiger partial charge is 0.452 e. The van der Waals surface area contributed by atoms with Crippen LogP contribution in [-0.4, -0.2) is 16.1 Å². The minimum Gasteiger partial charge on any atom is -0.452 e. The molecule has 0 aliphatic carbocycles. The molecular weight excluding hydrogens is 366 g/mol. The molecule has 5 nitrogen and oxygen atoms in total. The molecule has 0 amide bonds. The van der Waals surface area contributed by atoms with Crippen molar-refractivity contribution < 1.29 is 22.8 Å². The quantitative estimate of drug-likeness (QED) is 0.480. The molecule has 26 heavy (non-hydrogen) atoms. The van der Waals surface area contributed by atoms with E-state index in [9.17, 15) is 13.6 Å². The summed E-state index contributed by atoms with van der Waals surface area (Å²) in [6.07, 6.45) is 0.917. The summed E-state index contributed by atoms with van der Waals surface area (Å²) in [5, 5.41) is 3.57. The van der Waals surface area contributed by atoms with Crippen molar-refractivity contribution in [3.8, 4) is 11.4 Å². The van der Waals surface area contributed by atoms with Gasteiger partial charge >= 0.3 is 5.97 Å². The lowest BCUT2D eigenvalue weighted by molar-refractivity contribution is 0.0429. The highest BCUT2D eigenvalue weighted by Crippen LogP contribution is 2.22. The molecule has 3 aromatic rings. The predicted molar refractivity (Wildman–Crippen MR) is 89.6 cm³/mol. The zero-order chi connectivity index (χ0) is 18.7. The van der Waals surface area contributed by atoms with Crippen molar-refractivity contribution in [2.75, 3.05) is 0 Å². The van der Waals surface area contributed by atoms with E-state index in [2.05, 4.69) is 17.1 Å². The molecule has 0 fully saturated rings. The van der Waals surface area contributed by atoms with Gasteiger partial charge in [-0.25, -0.2) is 13.6 Å². The van der Waals surface area contributed by atoms with E-state index in [4.69, 9.17) is 20.9 Å². The van der Waals surface area contributed by atoms with Crippen LogP contribution in [-0.2, 0) is 17.8 Å². The lowest BCUT2D eigenvalue weighted by atomic mass is 10.1. The number of benzene rings is 2. The Labute approximate surface area is 152 Å². The highest BCUT2D eigenvalue weighted by atomic mass is 35.5. The Hall–Kier alpha value is -2.80. The van der Waals surface area contributed by atoms with E-state index in [-0.39, 0.29) is 23.1 Å². The Kier molecular flexibility index (Phi) is 5.27. The molecule has 0 bridgehead atoms. The lowest BCUT2D eigenvalue weighted by Gasteiger charge is -2.04. The van der Waals surface area contributed by atoms with E-state index < -0.39 is 17.6 Å². The molecule has 0 spiro atoms. The summed E-state index contributed by atoms with van der Waals surface area (Å²) in [4.78, 5) is 16.1. The monoisotopic (exact) mass is 378 g/mol. The van der Waals surface area contributed by atoms with Crippen molar-refractivity contribution in [3.05, 3.63) is 70.1 Å². The number of carbonyl (C=O) groups excluding carboxylic acids is 1. The lowest BCUT2D eigenvalue weighted by Crippen LogP contribution is -2.07. The standard InChI is InChI=1S/C18H13ClF2N2O3/c1-2-10-3-5-11(6-4-10)17-22-16(26-23-17)9-25-18(24)12-7-14(20)15(21)8-13(12)19/h3-8H,2,9H2,1H3. The van der Waals surface area contributed by atoms with E-state index in [0.29, 0.717) is 18.0 Å². The number of hydrogen-bond donors (Lipinski definition) is 0. The van der Waals surface area contributed by atoms with Crippen molar-refractivity contribution in [1.29, 1.82) is 0 Å². The van der Waals surface area contributed by atoms with Gasteiger partial charge in [-0.1, -0.05) is 47.9 Å². The highest BCUT2D eigenvalue weighted by Gasteiger charge is 2.18. The summed E-state index contributed by atoms with van der Waals surface area (Å²) in [6, 6.07) is 9.01. The van der Waals surface area contributed by atoms with Gasteiger partial charge in [0.25, 0.3) is 5.89 Å². The molecule has 0 aliphatic heterocycles. The van der Waals surface area contributed by atoms with Gasteiger partial charge in [0.2, 0.25) is 5.82 Å². The van der Waals surface area contributed by atoms with E-state index in [1.165, 1.54) is 5.56 Å². The maximum absolute atomic E-state index is 13.2. The molecule has 0 atom stereocenters. The number of esters is 1. The summed E-state index contributed by atoms with van der Waals surface area (Å²) in [6.45, 7) is 1.73. The Morgan fingerprint density at radius 1 is 1.19 bits per heavy atom. The van der Waals surface area contributed by atoms with E-state index in [1.54, 1.807) is 0 Å². The van der Waals surface area contributed by atoms with Crippen molar-refractivity contribution in [2.24, 2.45) is 0 Å². The summed E-state index contributed by atoms with van der Waals surface area (Å²) >= 11 is 5.73. The number of halogens is 3. The summed E-state index contributed by atoms with van der Waals surface area (Å²) in [5.41, 5.74) is 1.64. The fraction of sp³-hybridized carbons (Fsp3) is 0.167. The molecule has 0 N–H and O–H groups in total. The minimum absolute atomic E-state index is 0.0617. The summed E-state index contributed by atoms with van der Waals surface area (Å²) < 4.78 is 36.3. The number of rotatable bonds is 5. The first-order chi connectivity index (χ1) is 12.5. The zero-order valence-electron chi connectivity index (χ0n) is 13.6. The molecule has 2 aromatic carbocycles. The van der Waals surface area contributed by atoms with Crippen LogP contribution in [0.4, 0.5) is 8.78 Å². The van der Waals surface area contributed by atoms with Crippen LogP contribution in [0.25, 0.3) is 11.4 Å². The van der Waals surface area contributed by atoms with Crippen molar-refractivity contribution in [1.82, 2.24) is 10.1 Å². The molecule has 0 aliphatic rings. The number of carbonyl (C=O) groups is 1. The smallest absolute Gasteiger partial charge is 0.340 e. The van der Waals surface area contributed by atoms with E-state index in [1.807, 2.05) is 24.3 Å². The van der Waals surface area contributed by atoms with Gasteiger partial charge in [-0.3, -0.25) is 0 Å². The van der Waals surface area contributed by atoms with Gasteiger partial charge in [0, 0.05) is 5.56 Å². The first-order valence-electron chi connectivity index (χ1n) is 7.71. The second kappa shape index (κ2) is 7.61. The molecular formula is C18H13ClF2N2O3. The highest BCUT2D eigenvalue weighted by molar-refractivity contribution is 6.33. The normalized spacial score (nSPS) is 10.8. The first-order valence-corrected chi connectivity index (χ1v) is 8.09. The second-order valence-electron chi connectivity index (χ2n) is 5.38. The Morgan fingerprint density at radius 3 is 2.58 bits per heavy atom. The van der Waals surface area contributed by atoms with Gasteiger partial charge in [0.15, 0.2) is 18.2 Å². The maximum atomic E-state index is 13.2. The fourth-order valence-electron chi connectivity index (χ4n) is 2.20. The van der Waals surface area contributed by atoms with Crippen LogP contribution >= 0.6 is 11.6 Å². The predicted octanol–water partition coefficient (Wildman–Crippen LogP) is 4.59. The summed E-state index contributed by atoms with van der Waals surface area (Å²) in [7, 11) is 0. The van der Waals surface area contributed by atoms with E-state index in [0.717, 1.165) is 12.0 Å². The third kappa shape index (κ3) is 3.88. The molecule has 134 valence electrons. The van der Waals surface area contributed by atoms with Gasteiger partial charge in [-0.2, -0.15) is 4.98 Å². The average Bonchev–Trinajstić information content (AvgIpc) is 3.12. The van der Waals surface area contributed by atoms with Crippen LogP contribution in [0.15, 0.2) is 40.9 Å². The zero-order valence-corrected chi connectivity index (χ0v) is 14.4. The Bertz CT molecular complexity index is 942. The maximum Gasteiger partial charge on any atom is 0.340 e. The molecule has 0 saturated heterocycles. The van der Waals surface area contributed by atoms with Crippen LogP contribution < -0.4 is 0 Å². The van der Waals surface area contributed by atoms with Gasteiger partial charge in [-0.05, 0) is 24.1 Å². The minimum atomic E-state index is -1.20. The van der Waals surface area contributed by atoms with Crippen molar-refractivity contribution in [2.45, 2.75) is 20.0 Å². The van der Waals surface area contributed by atoms with Crippen molar-refractivity contribution in [3.63, 3.8) is 0 Å². The van der Waals surface area contributed by atoms with Crippen molar-refractivity contribution >= 4 is 17.6 Å². The average molecular weight is 379 g/mol. The van der Waals surface area contributed by atoms with Crippen LogP contribution in [0, 0.1) is 11.6 Å². The molecule has 0 radical (unpaired) electrons. The third-order valence-corrected chi connectivity index (χ3v) is 3.96. The third-order valence-electron chi connectivity index (χ3n) is 3.65. The van der Waals surface area contributed by atoms with Gasteiger partial charge < -0.3 is 9.26 Å². The molecule has 8 heteroatoms. The van der Waals surface area contributed by atoms with Gasteiger partial charge in [0.1, 0.15) is 0 Å². The number of hydrogen-bond acceptors (Lipinski definition) is 5. The number of aromatic nitrogens is 2. The van der Waals surface area contributed by atoms with Crippen LogP contribution in [0.5, 0.6) is 0 Å².